The van der Waals surface area contributed by atoms with Crippen molar-refractivity contribution >= 4 is 28.5 Å². The second kappa shape index (κ2) is 10.7. The highest BCUT2D eigenvalue weighted by Gasteiger charge is 2.17. The van der Waals surface area contributed by atoms with E-state index in [4.69, 9.17) is 0 Å². The number of hydrogen-bond donors (Lipinski definition) is 2. The Morgan fingerprint density at radius 3 is 2.48 bits per heavy atom. The van der Waals surface area contributed by atoms with E-state index < -0.39 is 16.2 Å². The fraction of sp³-hybridized carbons (Fsp3) is 0.455. The number of anilines is 1. The highest BCUT2D eigenvalue weighted by Crippen LogP contribution is 2.18. The van der Waals surface area contributed by atoms with Crippen molar-refractivity contribution in [3.05, 3.63) is 60.8 Å². The topological polar surface area (TPSA) is 140 Å². The van der Waals surface area contributed by atoms with Crippen molar-refractivity contribution in [3.8, 4) is 0 Å². The molecule has 0 atom stereocenters. The number of nitro groups is 1. The molecule has 0 radical (unpaired) electrons. The average molecular weight is 456 g/mol. The van der Waals surface area contributed by atoms with Crippen LogP contribution in [0.3, 0.4) is 0 Å². The van der Waals surface area contributed by atoms with Crippen molar-refractivity contribution in [1.29, 1.82) is 0 Å². The van der Waals surface area contributed by atoms with Gasteiger partial charge < -0.3 is 4.57 Å². The van der Waals surface area contributed by atoms with Gasteiger partial charge in [-0.05, 0) is 31.0 Å². The number of rotatable bonds is 11. The van der Waals surface area contributed by atoms with Crippen LogP contribution in [0.1, 0.15) is 57.9 Å². The third kappa shape index (κ3) is 5.54. The van der Waals surface area contributed by atoms with Crippen molar-refractivity contribution in [2.75, 3.05) is 5.43 Å². The third-order valence-electron chi connectivity index (χ3n) is 5.56. The standard InChI is InChI=1S/C22H29N7O4/c1-4-5-6-7-8-9-14-28-18-19(27(3)22(31)24-20(18)30)23-21(28)26-25-15(2)16-10-12-17(13-11-16)29(32)33/h10-13H,4-9,14H2,1-3H3,(H,23,26)(H,24,30,31)/b25-15+. The number of nitro benzene ring substituents is 1. The Bertz CT molecular complexity index is 1270. The third-order valence-corrected chi connectivity index (χ3v) is 5.56. The molecule has 176 valence electrons. The minimum Gasteiger partial charge on any atom is -0.303 e. The van der Waals surface area contributed by atoms with Crippen molar-refractivity contribution in [1.82, 2.24) is 19.1 Å². The molecule has 11 nitrogen and oxygen atoms in total. The number of unbranched alkanes of at least 4 members (excludes halogenated alkanes) is 5. The van der Waals surface area contributed by atoms with Crippen LogP contribution >= 0.6 is 0 Å². The molecule has 0 aliphatic carbocycles. The van der Waals surface area contributed by atoms with Crippen LogP contribution in [0.4, 0.5) is 11.6 Å². The number of aryl methyl sites for hydroxylation is 2. The Hall–Kier alpha value is -3.76. The van der Waals surface area contributed by atoms with E-state index in [2.05, 4.69) is 27.4 Å². The predicted molar refractivity (Wildman–Crippen MR) is 128 cm³/mol. The second-order valence-electron chi connectivity index (χ2n) is 7.96. The second-order valence-corrected chi connectivity index (χ2v) is 7.96. The summed E-state index contributed by atoms with van der Waals surface area (Å²) in [4.78, 5) is 41.8. The molecule has 0 aliphatic rings. The molecule has 2 N–H and O–H groups in total. The van der Waals surface area contributed by atoms with Crippen LogP contribution in [0.5, 0.6) is 0 Å². The van der Waals surface area contributed by atoms with Gasteiger partial charge in [-0.25, -0.2) is 10.2 Å². The van der Waals surface area contributed by atoms with Crippen LogP contribution in [0, 0.1) is 10.1 Å². The number of nitrogens with zero attached hydrogens (tertiary/aromatic N) is 5. The quantitative estimate of drug-likeness (QED) is 0.196. The van der Waals surface area contributed by atoms with Crippen molar-refractivity contribution < 1.29 is 4.92 Å². The molecule has 3 aromatic rings. The van der Waals surface area contributed by atoms with Crippen LogP contribution in [0.15, 0.2) is 39.0 Å². The Balaban J connectivity index is 1.88. The molecule has 2 aromatic heterocycles. The zero-order valence-corrected chi connectivity index (χ0v) is 19.1. The molecule has 0 unspecified atom stereocenters. The maximum Gasteiger partial charge on any atom is 0.329 e. The number of aromatic nitrogens is 4. The molecule has 0 fully saturated rings. The van der Waals surface area contributed by atoms with E-state index >= 15 is 0 Å². The first-order valence-electron chi connectivity index (χ1n) is 11.1. The van der Waals surface area contributed by atoms with Crippen molar-refractivity contribution in [3.63, 3.8) is 0 Å². The molecule has 0 saturated carbocycles. The van der Waals surface area contributed by atoms with Crippen LogP contribution in [0.2, 0.25) is 0 Å². The summed E-state index contributed by atoms with van der Waals surface area (Å²) in [6.45, 7) is 4.49. The van der Waals surface area contributed by atoms with Crippen LogP contribution in [-0.2, 0) is 13.6 Å². The number of imidazole rings is 1. The fourth-order valence-corrected chi connectivity index (χ4v) is 3.61. The largest absolute Gasteiger partial charge is 0.329 e. The first-order chi connectivity index (χ1) is 15.8. The molecule has 1 aromatic carbocycles. The minimum atomic E-state index is -0.533. The monoisotopic (exact) mass is 455 g/mol. The Morgan fingerprint density at radius 1 is 1.15 bits per heavy atom. The van der Waals surface area contributed by atoms with Crippen molar-refractivity contribution in [2.45, 2.75) is 58.9 Å². The van der Waals surface area contributed by atoms with E-state index in [1.807, 2.05) is 0 Å². The van der Waals surface area contributed by atoms with Crippen LogP contribution in [-0.4, -0.2) is 29.7 Å². The number of benzene rings is 1. The first kappa shape index (κ1) is 23.9. The molecule has 3 rings (SSSR count). The van der Waals surface area contributed by atoms with Gasteiger partial charge in [0.2, 0.25) is 5.95 Å². The van der Waals surface area contributed by atoms with Gasteiger partial charge >= 0.3 is 5.69 Å². The number of hydrazone groups is 1. The summed E-state index contributed by atoms with van der Waals surface area (Å²) in [5, 5.41) is 15.2. The maximum absolute atomic E-state index is 12.6. The van der Waals surface area contributed by atoms with E-state index in [1.54, 1.807) is 30.7 Å². The lowest BCUT2D eigenvalue weighted by Crippen LogP contribution is -2.29. The lowest BCUT2D eigenvalue weighted by atomic mass is 10.1. The normalized spacial score (nSPS) is 11.8. The molecule has 0 saturated heterocycles. The summed E-state index contributed by atoms with van der Waals surface area (Å²) in [6.07, 6.45) is 6.57. The van der Waals surface area contributed by atoms with Gasteiger partial charge in [0.05, 0.1) is 10.6 Å². The summed E-state index contributed by atoms with van der Waals surface area (Å²) in [6, 6.07) is 6.06. The van der Waals surface area contributed by atoms with Gasteiger partial charge in [0.15, 0.2) is 11.2 Å². The number of non-ortho nitro benzene ring substituents is 1. The highest BCUT2D eigenvalue weighted by atomic mass is 16.6. The smallest absolute Gasteiger partial charge is 0.303 e. The molecule has 0 aliphatic heterocycles. The minimum absolute atomic E-state index is 0.000353. The fourth-order valence-electron chi connectivity index (χ4n) is 3.61. The van der Waals surface area contributed by atoms with E-state index in [0.29, 0.717) is 29.3 Å². The van der Waals surface area contributed by atoms with Gasteiger partial charge in [0.25, 0.3) is 11.2 Å². The first-order valence-corrected chi connectivity index (χ1v) is 11.1. The summed E-state index contributed by atoms with van der Waals surface area (Å²) in [7, 11) is 1.55. The van der Waals surface area contributed by atoms with Gasteiger partial charge in [-0.3, -0.25) is 24.5 Å². The highest BCUT2D eigenvalue weighted by molar-refractivity contribution is 5.99. The number of nitrogens with one attached hydrogen (secondary N) is 2. The predicted octanol–water partition coefficient (Wildman–Crippen LogP) is 3.53. The molecule has 0 spiro atoms. The van der Waals surface area contributed by atoms with Gasteiger partial charge in [0.1, 0.15) is 0 Å². The SMILES string of the molecule is CCCCCCCCn1c(N/N=C(\C)c2ccc([N+](=O)[O-])cc2)nc2c1c(=O)[nH]c(=O)n2C. The lowest BCUT2D eigenvalue weighted by Gasteiger charge is -2.09. The lowest BCUT2D eigenvalue weighted by molar-refractivity contribution is -0.384. The van der Waals surface area contributed by atoms with Gasteiger partial charge in [-0.2, -0.15) is 10.1 Å². The van der Waals surface area contributed by atoms with Crippen molar-refractivity contribution in [2.24, 2.45) is 12.1 Å². The van der Waals surface area contributed by atoms with Gasteiger partial charge in [-0.1, -0.05) is 39.0 Å². The summed E-state index contributed by atoms with van der Waals surface area (Å²) < 4.78 is 3.05. The molecular formula is C22H29N7O4. The molecule has 2 heterocycles. The average Bonchev–Trinajstić information content (AvgIpc) is 3.17. The Kier molecular flexibility index (Phi) is 7.75. The zero-order chi connectivity index (χ0) is 24.0. The molecular weight excluding hydrogens is 426 g/mol. The number of hydrogen-bond acceptors (Lipinski definition) is 7. The summed E-state index contributed by atoms with van der Waals surface area (Å²) in [5.74, 6) is 0.353. The summed E-state index contributed by atoms with van der Waals surface area (Å²) >= 11 is 0. The zero-order valence-electron chi connectivity index (χ0n) is 19.1. The van der Waals surface area contributed by atoms with Crippen LogP contribution in [0.25, 0.3) is 11.2 Å². The van der Waals surface area contributed by atoms with E-state index in [-0.39, 0.29) is 11.3 Å². The maximum atomic E-state index is 12.6. The number of fused-ring (bicyclic) bond motifs is 1. The molecule has 33 heavy (non-hydrogen) atoms. The molecule has 11 heteroatoms. The summed E-state index contributed by atoms with van der Waals surface area (Å²) in [5.41, 5.74) is 3.78. The van der Waals surface area contributed by atoms with E-state index in [9.17, 15) is 19.7 Å². The molecule has 0 amide bonds. The van der Waals surface area contributed by atoms with E-state index in [1.165, 1.54) is 36.0 Å². The number of H-pyrrole nitrogens is 1. The number of aromatic amines is 1. The Labute approximate surface area is 190 Å². The van der Waals surface area contributed by atoms with E-state index in [0.717, 1.165) is 19.3 Å². The van der Waals surface area contributed by atoms with Crippen LogP contribution < -0.4 is 16.7 Å². The molecule has 0 bridgehead atoms. The van der Waals surface area contributed by atoms with Gasteiger partial charge in [0, 0.05) is 25.7 Å². The van der Waals surface area contributed by atoms with Gasteiger partial charge in [-0.15, -0.1) is 0 Å². The Morgan fingerprint density at radius 2 is 1.82 bits per heavy atom.